The Labute approximate surface area is 182 Å². The summed E-state index contributed by atoms with van der Waals surface area (Å²) < 4.78 is 4.66. The quantitative estimate of drug-likeness (QED) is 0.394. The molecule has 0 amide bonds. The molecule has 4 nitrogen and oxygen atoms in total. The van der Waals surface area contributed by atoms with Crippen molar-refractivity contribution < 1.29 is 0 Å². The van der Waals surface area contributed by atoms with Crippen molar-refractivity contribution in [2.75, 3.05) is 0 Å². The highest BCUT2D eigenvalue weighted by molar-refractivity contribution is 7.15. The predicted molar refractivity (Wildman–Crippen MR) is 128 cm³/mol. The van der Waals surface area contributed by atoms with E-state index in [-0.39, 0.29) is 5.56 Å². The maximum atomic E-state index is 13.1. The molecule has 0 unspecified atom stereocenters. The lowest BCUT2D eigenvalue weighted by molar-refractivity contribution is 0.966. The Balaban J connectivity index is 1.52. The van der Waals surface area contributed by atoms with Gasteiger partial charge in [-0.05, 0) is 66.6 Å². The first kappa shape index (κ1) is 18.1. The van der Waals surface area contributed by atoms with Gasteiger partial charge in [-0.3, -0.25) is 4.79 Å². The number of imidazole rings is 1. The molecule has 0 N–H and O–H groups in total. The molecular formula is C26H19N3OS. The van der Waals surface area contributed by atoms with Gasteiger partial charge in [0.1, 0.15) is 0 Å². The molecule has 5 heteroatoms. The van der Waals surface area contributed by atoms with Crippen molar-refractivity contribution in [3.05, 3.63) is 105 Å². The number of nitrogens with zero attached hydrogens (tertiary/aromatic N) is 3. The molecule has 0 aliphatic rings. The van der Waals surface area contributed by atoms with Crippen molar-refractivity contribution in [1.82, 2.24) is 14.0 Å². The summed E-state index contributed by atoms with van der Waals surface area (Å²) in [6, 6.07) is 24.8. The van der Waals surface area contributed by atoms with Crippen LogP contribution in [0.15, 0.2) is 77.6 Å². The van der Waals surface area contributed by atoms with Crippen LogP contribution in [0, 0.1) is 13.8 Å². The Kier molecular flexibility index (Phi) is 3.88. The van der Waals surface area contributed by atoms with Gasteiger partial charge in [-0.15, -0.1) is 0 Å². The Hall–Kier alpha value is -3.70. The van der Waals surface area contributed by atoms with E-state index in [2.05, 4.69) is 71.9 Å². The normalized spacial score (nSPS) is 12.5. The van der Waals surface area contributed by atoms with E-state index < -0.39 is 0 Å². The molecule has 0 atom stereocenters. The Morgan fingerprint density at radius 1 is 0.903 bits per heavy atom. The molecule has 0 bridgehead atoms. The average molecular weight is 422 g/mol. The third-order valence-electron chi connectivity index (χ3n) is 5.89. The van der Waals surface area contributed by atoms with Gasteiger partial charge < -0.3 is 4.57 Å². The molecule has 3 heterocycles. The van der Waals surface area contributed by atoms with Gasteiger partial charge in [-0.25, -0.2) is 9.38 Å². The van der Waals surface area contributed by atoms with Gasteiger partial charge in [-0.1, -0.05) is 53.8 Å². The molecule has 150 valence electrons. The second-order valence-electron chi connectivity index (χ2n) is 7.83. The molecule has 0 saturated heterocycles. The van der Waals surface area contributed by atoms with Gasteiger partial charge in [0, 0.05) is 17.1 Å². The number of hydrogen-bond acceptors (Lipinski definition) is 3. The highest BCUT2D eigenvalue weighted by Crippen LogP contribution is 2.25. The minimum absolute atomic E-state index is 0.00999. The number of hydrogen-bond donors (Lipinski definition) is 0. The first-order valence-corrected chi connectivity index (χ1v) is 11.0. The zero-order valence-electron chi connectivity index (χ0n) is 17.2. The summed E-state index contributed by atoms with van der Waals surface area (Å²) in [5.74, 6) is 0. The van der Waals surface area contributed by atoms with Crippen molar-refractivity contribution in [2.45, 2.75) is 13.8 Å². The second kappa shape index (κ2) is 6.65. The number of rotatable bonds is 2. The molecule has 0 aliphatic carbocycles. The van der Waals surface area contributed by atoms with Crippen LogP contribution in [-0.2, 0) is 0 Å². The van der Waals surface area contributed by atoms with Crippen LogP contribution in [0.2, 0.25) is 0 Å². The van der Waals surface area contributed by atoms with Gasteiger partial charge in [-0.2, -0.15) is 0 Å². The molecule has 0 fully saturated rings. The smallest absolute Gasteiger partial charge is 0.274 e. The zero-order chi connectivity index (χ0) is 21.1. The average Bonchev–Trinajstić information content (AvgIpc) is 3.38. The van der Waals surface area contributed by atoms with Crippen molar-refractivity contribution in [2.24, 2.45) is 0 Å². The number of aryl methyl sites for hydroxylation is 1. The van der Waals surface area contributed by atoms with Crippen LogP contribution in [0.4, 0.5) is 0 Å². The van der Waals surface area contributed by atoms with Crippen LogP contribution < -0.4 is 10.1 Å². The Morgan fingerprint density at radius 2 is 1.68 bits per heavy atom. The molecule has 0 radical (unpaired) electrons. The SMILES string of the molecule is Cc1cc(/C=c2\sc3nc4ccccc4n3c2=O)c(C)n1-c1ccc2ccccc2c1. The standard InChI is InChI=1S/C26H19N3OS/c1-16-13-20(17(2)28(16)21-12-11-18-7-3-4-8-19(18)14-21)15-24-25(30)29-23-10-6-5-9-22(23)27-26(29)31-24/h3-15H,1-2H3/b24-15-. The summed E-state index contributed by atoms with van der Waals surface area (Å²) >= 11 is 1.44. The molecule has 6 aromatic rings. The van der Waals surface area contributed by atoms with E-state index >= 15 is 0 Å². The highest BCUT2D eigenvalue weighted by Gasteiger charge is 2.13. The summed E-state index contributed by atoms with van der Waals surface area (Å²) in [6.45, 7) is 4.21. The number of fused-ring (bicyclic) bond motifs is 4. The van der Waals surface area contributed by atoms with Gasteiger partial charge in [0.25, 0.3) is 5.56 Å². The van der Waals surface area contributed by atoms with Gasteiger partial charge in [0.05, 0.1) is 15.6 Å². The summed E-state index contributed by atoms with van der Waals surface area (Å²) in [5.41, 5.74) is 6.14. The van der Waals surface area contributed by atoms with E-state index in [4.69, 9.17) is 0 Å². The van der Waals surface area contributed by atoms with Crippen LogP contribution in [0.5, 0.6) is 0 Å². The molecule has 31 heavy (non-hydrogen) atoms. The summed E-state index contributed by atoms with van der Waals surface area (Å²) in [7, 11) is 0. The largest absolute Gasteiger partial charge is 0.318 e. The number of aromatic nitrogens is 3. The van der Waals surface area contributed by atoms with Gasteiger partial charge >= 0.3 is 0 Å². The third-order valence-corrected chi connectivity index (χ3v) is 6.86. The highest BCUT2D eigenvalue weighted by atomic mass is 32.1. The fraction of sp³-hybridized carbons (Fsp3) is 0.0769. The van der Waals surface area contributed by atoms with E-state index in [9.17, 15) is 4.79 Å². The van der Waals surface area contributed by atoms with Crippen LogP contribution in [0.25, 0.3) is 38.5 Å². The number of thiazole rings is 1. The van der Waals surface area contributed by atoms with Crippen molar-refractivity contribution in [1.29, 1.82) is 0 Å². The van der Waals surface area contributed by atoms with E-state index in [1.165, 1.54) is 22.1 Å². The first-order valence-electron chi connectivity index (χ1n) is 10.2. The maximum Gasteiger partial charge on any atom is 0.274 e. The Bertz CT molecular complexity index is 1740. The van der Waals surface area contributed by atoms with Crippen molar-refractivity contribution >= 4 is 44.2 Å². The summed E-state index contributed by atoms with van der Waals surface area (Å²) in [6.07, 6.45) is 2.00. The van der Waals surface area contributed by atoms with Crippen LogP contribution >= 0.6 is 11.3 Å². The van der Waals surface area contributed by atoms with Crippen LogP contribution in [0.1, 0.15) is 17.0 Å². The fourth-order valence-corrected chi connectivity index (χ4v) is 5.38. The third kappa shape index (κ3) is 2.74. The maximum absolute atomic E-state index is 13.1. The van der Waals surface area contributed by atoms with E-state index in [1.54, 1.807) is 4.40 Å². The second-order valence-corrected chi connectivity index (χ2v) is 8.84. The molecule has 3 aromatic carbocycles. The van der Waals surface area contributed by atoms with Gasteiger partial charge in [0.2, 0.25) is 0 Å². The van der Waals surface area contributed by atoms with Crippen molar-refractivity contribution in [3.8, 4) is 5.69 Å². The summed E-state index contributed by atoms with van der Waals surface area (Å²) in [5, 5.41) is 2.44. The first-order chi connectivity index (χ1) is 15.1. The lowest BCUT2D eigenvalue weighted by Crippen LogP contribution is -2.22. The van der Waals surface area contributed by atoms with Crippen LogP contribution in [0.3, 0.4) is 0 Å². The van der Waals surface area contributed by atoms with E-state index in [0.717, 1.165) is 38.6 Å². The fourth-order valence-electron chi connectivity index (χ4n) is 4.40. The summed E-state index contributed by atoms with van der Waals surface area (Å²) in [4.78, 5) is 18.5. The van der Waals surface area contributed by atoms with E-state index in [0.29, 0.717) is 4.53 Å². The lowest BCUT2D eigenvalue weighted by atomic mass is 10.1. The molecular weight excluding hydrogens is 402 g/mol. The molecule has 0 spiro atoms. The van der Waals surface area contributed by atoms with E-state index in [1.807, 2.05) is 30.3 Å². The van der Waals surface area contributed by atoms with Crippen LogP contribution in [-0.4, -0.2) is 14.0 Å². The molecule has 3 aromatic heterocycles. The number of benzene rings is 3. The van der Waals surface area contributed by atoms with Gasteiger partial charge in [0.15, 0.2) is 4.96 Å². The van der Waals surface area contributed by atoms with Crippen molar-refractivity contribution in [3.63, 3.8) is 0 Å². The molecule has 0 saturated carbocycles. The molecule has 0 aliphatic heterocycles. The lowest BCUT2D eigenvalue weighted by Gasteiger charge is -2.11. The number of para-hydroxylation sites is 2. The zero-order valence-corrected chi connectivity index (χ0v) is 18.0. The monoisotopic (exact) mass is 421 g/mol. The Morgan fingerprint density at radius 3 is 2.55 bits per heavy atom. The minimum Gasteiger partial charge on any atom is -0.318 e. The molecule has 6 rings (SSSR count). The predicted octanol–water partition coefficient (Wildman–Crippen LogP) is 5.02. The topological polar surface area (TPSA) is 39.3 Å². The minimum atomic E-state index is -0.00999.